The average molecular weight is 295 g/mol. The Morgan fingerprint density at radius 2 is 1.71 bits per heavy atom. The first-order chi connectivity index (χ1) is 10.0. The zero-order chi connectivity index (χ0) is 15.8. The fourth-order valence-corrected chi connectivity index (χ4v) is 2.58. The first-order valence-electron chi connectivity index (χ1n) is 7.49. The Balaban J connectivity index is 2.81. The largest absolute Gasteiger partial charge is 0.387 e. The number of hydrogen-bond acceptors (Lipinski definition) is 4. The summed E-state index contributed by atoms with van der Waals surface area (Å²) in [6, 6.07) is 8.26. The molecule has 0 fully saturated rings. The number of rotatable bonds is 9. The van der Waals surface area contributed by atoms with Gasteiger partial charge in [0, 0.05) is 32.8 Å². The third kappa shape index (κ3) is 5.40. The van der Waals surface area contributed by atoms with Gasteiger partial charge < -0.3 is 14.6 Å². The molecule has 0 aliphatic carbocycles. The Morgan fingerprint density at radius 3 is 2.24 bits per heavy atom. The maximum atomic E-state index is 10.6. The Labute approximate surface area is 128 Å². The fourth-order valence-electron chi connectivity index (χ4n) is 2.58. The molecule has 0 saturated carbocycles. The lowest BCUT2D eigenvalue weighted by atomic mass is 10.00. The molecule has 1 aromatic carbocycles. The van der Waals surface area contributed by atoms with Crippen molar-refractivity contribution in [2.45, 2.75) is 39.0 Å². The predicted octanol–water partition coefficient (Wildman–Crippen LogP) is 2.40. The molecule has 21 heavy (non-hydrogen) atoms. The Morgan fingerprint density at radius 1 is 1.10 bits per heavy atom. The van der Waals surface area contributed by atoms with E-state index >= 15 is 0 Å². The molecule has 0 spiro atoms. The molecule has 0 aliphatic heterocycles. The third-order valence-corrected chi connectivity index (χ3v) is 3.93. The molecule has 0 bridgehead atoms. The Kier molecular flexibility index (Phi) is 7.89. The van der Waals surface area contributed by atoms with Gasteiger partial charge in [-0.05, 0) is 26.3 Å². The van der Waals surface area contributed by atoms with Crippen molar-refractivity contribution in [2.24, 2.45) is 0 Å². The summed E-state index contributed by atoms with van der Waals surface area (Å²) in [4.78, 5) is 2.23. The van der Waals surface area contributed by atoms with Gasteiger partial charge in [0.25, 0.3) is 0 Å². The number of methoxy groups -OCH3 is 2. The van der Waals surface area contributed by atoms with E-state index in [1.54, 1.807) is 14.2 Å². The molecular weight excluding hydrogens is 266 g/mol. The third-order valence-electron chi connectivity index (χ3n) is 3.93. The number of aliphatic hydroxyl groups excluding tert-OH is 1. The summed E-state index contributed by atoms with van der Waals surface area (Å²) in [7, 11) is 3.40. The van der Waals surface area contributed by atoms with Crippen LogP contribution in [0.1, 0.15) is 31.1 Å². The summed E-state index contributed by atoms with van der Waals surface area (Å²) in [5, 5.41) is 10.6. The Hall–Kier alpha value is -0.940. The van der Waals surface area contributed by atoms with Gasteiger partial charge in [-0.15, -0.1) is 0 Å². The summed E-state index contributed by atoms with van der Waals surface area (Å²) in [6.07, 6.45) is -0.526. The van der Waals surface area contributed by atoms with Gasteiger partial charge in [-0.1, -0.05) is 29.8 Å². The topological polar surface area (TPSA) is 41.9 Å². The van der Waals surface area contributed by atoms with Crippen molar-refractivity contribution >= 4 is 0 Å². The van der Waals surface area contributed by atoms with Crippen molar-refractivity contribution in [3.63, 3.8) is 0 Å². The highest BCUT2D eigenvalue weighted by Crippen LogP contribution is 2.23. The molecule has 0 heterocycles. The fraction of sp³-hybridized carbons (Fsp3) is 0.647. The van der Waals surface area contributed by atoms with Crippen LogP contribution in [-0.2, 0) is 9.47 Å². The van der Waals surface area contributed by atoms with Crippen LogP contribution < -0.4 is 0 Å². The molecule has 1 N–H and O–H groups in total. The quantitative estimate of drug-likeness (QED) is 0.759. The highest BCUT2D eigenvalue weighted by Gasteiger charge is 2.26. The lowest BCUT2D eigenvalue weighted by molar-refractivity contribution is -0.000823. The number of ether oxygens (including phenoxy) is 2. The lowest BCUT2D eigenvalue weighted by Crippen LogP contribution is -2.46. The first kappa shape index (κ1) is 18.1. The van der Waals surface area contributed by atoms with Gasteiger partial charge in [0.05, 0.1) is 19.3 Å². The second-order valence-electron chi connectivity index (χ2n) is 5.63. The van der Waals surface area contributed by atoms with Crippen molar-refractivity contribution in [1.82, 2.24) is 4.90 Å². The minimum absolute atomic E-state index is 0.00648. The van der Waals surface area contributed by atoms with Crippen LogP contribution >= 0.6 is 0 Å². The highest BCUT2D eigenvalue weighted by molar-refractivity contribution is 5.24. The van der Waals surface area contributed by atoms with Crippen LogP contribution in [0.4, 0.5) is 0 Å². The monoisotopic (exact) mass is 295 g/mol. The summed E-state index contributed by atoms with van der Waals surface area (Å²) in [5.41, 5.74) is 2.14. The maximum absolute atomic E-state index is 10.6. The molecule has 3 unspecified atom stereocenters. The van der Waals surface area contributed by atoms with Crippen molar-refractivity contribution in [3.8, 4) is 0 Å². The smallest absolute Gasteiger partial charge is 0.0942 e. The molecule has 0 amide bonds. The molecule has 0 aliphatic rings. The number of aryl methyl sites for hydroxylation is 1. The van der Waals surface area contributed by atoms with Gasteiger partial charge in [0.2, 0.25) is 0 Å². The second kappa shape index (κ2) is 9.15. The Bertz CT molecular complexity index is 394. The molecule has 120 valence electrons. The number of benzene rings is 1. The van der Waals surface area contributed by atoms with Crippen LogP contribution in [0.5, 0.6) is 0 Å². The van der Waals surface area contributed by atoms with E-state index in [4.69, 9.17) is 9.47 Å². The van der Waals surface area contributed by atoms with Gasteiger partial charge in [-0.25, -0.2) is 0 Å². The number of hydrogen-bond donors (Lipinski definition) is 1. The van der Waals surface area contributed by atoms with Gasteiger partial charge >= 0.3 is 0 Å². The summed E-state index contributed by atoms with van der Waals surface area (Å²) >= 11 is 0. The van der Waals surface area contributed by atoms with Crippen molar-refractivity contribution in [2.75, 3.05) is 34.0 Å². The summed E-state index contributed by atoms with van der Waals surface area (Å²) in [6.45, 7) is 8.24. The van der Waals surface area contributed by atoms with Crippen molar-refractivity contribution < 1.29 is 14.6 Å². The van der Waals surface area contributed by atoms with Crippen LogP contribution in [0.3, 0.4) is 0 Å². The summed E-state index contributed by atoms with van der Waals surface area (Å²) in [5.74, 6) is 0. The minimum Gasteiger partial charge on any atom is -0.387 e. The van der Waals surface area contributed by atoms with E-state index in [-0.39, 0.29) is 12.1 Å². The standard InChI is InChI=1S/C17H29NO3/c1-13-6-8-16(9-7-13)17(19)15(3)18(10-11-20-4)14(2)12-21-5/h6-9,14-15,17,19H,10-12H2,1-5H3. The van der Waals surface area contributed by atoms with Crippen molar-refractivity contribution in [3.05, 3.63) is 35.4 Å². The second-order valence-corrected chi connectivity index (χ2v) is 5.63. The highest BCUT2D eigenvalue weighted by atomic mass is 16.5. The predicted molar refractivity (Wildman–Crippen MR) is 85.5 cm³/mol. The van der Waals surface area contributed by atoms with Crippen LogP contribution in [0.15, 0.2) is 24.3 Å². The van der Waals surface area contributed by atoms with Crippen LogP contribution in [0.2, 0.25) is 0 Å². The van der Waals surface area contributed by atoms with E-state index in [0.717, 1.165) is 12.1 Å². The van der Waals surface area contributed by atoms with E-state index in [1.165, 1.54) is 5.56 Å². The van der Waals surface area contributed by atoms with Crippen molar-refractivity contribution in [1.29, 1.82) is 0 Å². The SMILES string of the molecule is COCCN(C(C)COC)C(C)C(O)c1ccc(C)cc1. The van der Waals surface area contributed by atoms with E-state index in [1.807, 2.05) is 38.1 Å². The molecule has 1 aromatic rings. The molecular formula is C17H29NO3. The molecule has 3 atom stereocenters. The van der Waals surface area contributed by atoms with Gasteiger partial charge in [-0.2, -0.15) is 0 Å². The van der Waals surface area contributed by atoms with Crippen LogP contribution in [-0.4, -0.2) is 56.1 Å². The minimum atomic E-state index is -0.526. The maximum Gasteiger partial charge on any atom is 0.0942 e. The van der Waals surface area contributed by atoms with E-state index in [0.29, 0.717) is 13.2 Å². The first-order valence-corrected chi connectivity index (χ1v) is 7.49. The van der Waals surface area contributed by atoms with Crippen LogP contribution in [0.25, 0.3) is 0 Å². The average Bonchev–Trinajstić information content (AvgIpc) is 2.47. The van der Waals surface area contributed by atoms with Gasteiger partial charge in [0.1, 0.15) is 0 Å². The normalized spacial score (nSPS) is 16.0. The molecule has 0 aromatic heterocycles. The zero-order valence-corrected chi connectivity index (χ0v) is 13.9. The van der Waals surface area contributed by atoms with Crippen LogP contribution in [0, 0.1) is 6.92 Å². The lowest BCUT2D eigenvalue weighted by Gasteiger charge is -2.36. The van der Waals surface area contributed by atoms with E-state index < -0.39 is 6.10 Å². The van der Waals surface area contributed by atoms with Gasteiger partial charge in [-0.3, -0.25) is 4.90 Å². The number of aliphatic hydroxyl groups is 1. The molecule has 4 heteroatoms. The van der Waals surface area contributed by atoms with Gasteiger partial charge in [0.15, 0.2) is 0 Å². The molecule has 4 nitrogen and oxygen atoms in total. The molecule has 0 radical (unpaired) electrons. The molecule has 0 saturated heterocycles. The number of nitrogens with zero attached hydrogens (tertiary/aromatic N) is 1. The molecule has 1 rings (SSSR count). The van der Waals surface area contributed by atoms with E-state index in [2.05, 4.69) is 11.8 Å². The van der Waals surface area contributed by atoms with E-state index in [9.17, 15) is 5.11 Å². The zero-order valence-electron chi connectivity index (χ0n) is 13.9. The summed E-state index contributed by atoms with van der Waals surface area (Å²) < 4.78 is 10.4.